The Morgan fingerprint density at radius 1 is 1.48 bits per heavy atom. The monoisotopic (exact) mass is 290 g/mol. The van der Waals surface area contributed by atoms with E-state index >= 15 is 0 Å². The second-order valence-electron chi connectivity index (χ2n) is 5.94. The van der Waals surface area contributed by atoms with Crippen LogP contribution in [0.5, 0.6) is 0 Å². The molecule has 0 N–H and O–H groups in total. The first-order chi connectivity index (χ1) is 10.2. The third-order valence-electron chi connectivity index (χ3n) is 4.22. The average molecular weight is 290 g/mol. The Labute approximate surface area is 125 Å². The van der Waals surface area contributed by atoms with Crippen LogP contribution in [0.2, 0.25) is 0 Å². The first-order valence-corrected chi connectivity index (χ1v) is 7.58. The Hall–Kier alpha value is -1.69. The van der Waals surface area contributed by atoms with Crippen molar-refractivity contribution in [1.29, 1.82) is 0 Å². The Kier molecular flexibility index (Phi) is 4.05. The van der Waals surface area contributed by atoms with Gasteiger partial charge < -0.3 is 14.5 Å². The molecule has 2 aliphatic heterocycles. The number of hydrogen-bond acceptors (Lipinski definition) is 5. The highest BCUT2D eigenvalue weighted by Crippen LogP contribution is 2.24. The third kappa shape index (κ3) is 2.85. The fourth-order valence-electron chi connectivity index (χ4n) is 3.03. The molecule has 0 aliphatic carbocycles. The molecule has 3 heterocycles. The van der Waals surface area contributed by atoms with Crippen molar-refractivity contribution in [3.8, 4) is 0 Å². The Balaban J connectivity index is 1.76. The number of carbonyl (C=O) groups excluding carboxylic acids is 1. The number of fused-ring (bicyclic) bond motifs is 1. The van der Waals surface area contributed by atoms with Crippen molar-refractivity contribution >= 4 is 11.9 Å². The molecule has 3 rings (SSSR count). The molecule has 0 saturated carbocycles. The van der Waals surface area contributed by atoms with E-state index < -0.39 is 0 Å². The molecule has 6 heteroatoms. The van der Waals surface area contributed by atoms with Crippen molar-refractivity contribution in [1.82, 2.24) is 14.9 Å². The number of ether oxygens (including phenoxy) is 1. The highest BCUT2D eigenvalue weighted by molar-refractivity contribution is 5.97. The van der Waals surface area contributed by atoms with Gasteiger partial charge in [-0.2, -0.15) is 0 Å². The number of nitrogens with zero attached hydrogens (tertiary/aromatic N) is 4. The molecule has 2 aliphatic rings. The summed E-state index contributed by atoms with van der Waals surface area (Å²) in [7, 11) is 1.64. The number of aromatic nitrogens is 2. The standard InChI is InChI=1S/C15H22N4O2/c1-11-4-3-5-19(9-11)15-16-8-12-13(17-15)10-18(14(12)20)6-7-21-2/h8,11H,3-7,9-10H2,1-2H3/t11-/m0/s1. The van der Waals surface area contributed by atoms with E-state index in [1.807, 2.05) is 0 Å². The molecule has 0 unspecified atom stereocenters. The second kappa shape index (κ2) is 5.97. The van der Waals surface area contributed by atoms with Crippen molar-refractivity contribution in [2.24, 2.45) is 5.92 Å². The molecule has 0 radical (unpaired) electrons. The summed E-state index contributed by atoms with van der Waals surface area (Å²) in [4.78, 5) is 25.3. The van der Waals surface area contributed by atoms with Crippen LogP contribution >= 0.6 is 0 Å². The smallest absolute Gasteiger partial charge is 0.257 e. The van der Waals surface area contributed by atoms with Crippen LogP contribution in [0.1, 0.15) is 35.8 Å². The topological polar surface area (TPSA) is 58.6 Å². The average Bonchev–Trinajstić information content (AvgIpc) is 2.81. The predicted molar refractivity (Wildman–Crippen MR) is 79.3 cm³/mol. The van der Waals surface area contributed by atoms with Crippen LogP contribution in [-0.2, 0) is 11.3 Å². The fourth-order valence-corrected chi connectivity index (χ4v) is 3.03. The molecule has 0 aromatic carbocycles. The highest BCUT2D eigenvalue weighted by Gasteiger charge is 2.30. The van der Waals surface area contributed by atoms with Crippen molar-refractivity contribution in [2.75, 3.05) is 38.3 Å². The Bertz CT molecular complexity index is 534. The van der Waals surface area contributed by atoms with E-state index in [1.165, 1.54) is 12.8 Å². The fraction of sp³-hybridized carbons (Fsp3) is 0.667. The van der Waals surface area contributed by atoms with Gasteiger partial charge in [0.2, 0.25) is 5.95 Å². The summed E-state index contributed by atoms with van der Waals surface area (Å²) < 4.78 is 5.04. The van der Waals surface area contributed by atoms with E-state index in [-0.39, 0.29) is 5.91 Å². The van der Waals surface area contributed by atoms with Gasteiger partial charge in [-0.25, -0.2) is 9.97 Å². The highest BCUT2D eigenvalue weighted by atomic mass is 16.5. The lowest BCUT2D eigenvalue weighted by molar-refractivity contribution is 0.0718. The first kappa shape index (κ1) is 14.3. The summed E-state index contributed by atoms with van der Waals surface area (Å²) in [6.45, 7) is 5.97. The largest absolute Gasteiger partial charge is 0.383 e. The number of carbonyl (C=O) groups is 1. The van der Waals surface area contributed by atoms with Crippen LogP contribution in [0.25, 0.3) is 0 Å². The van der Waals surface area contributed by atoms with E-state index in [0.717, 1.165) is 24.7 Å². The predicted octanol–water partition coefficient (Wildman–Crippen LogP) is 1.32. The summed E-state index contributed by atoms with van der Waals surface area (Å²) in [6, 6.07) is 0. The Morgan fingerprint density at radius 2 is 2.33 bits per heavy atom. The SMILES string of the molecule is COCCN1Cc2nc(N3CCC[C@H](C)C3)ncc2C1=O. The van der Waals surface area contributed by atoms with Gasteiger partial charge in [-0.3, -0.25) is 4.79 Å². The summed E-state index contributed by atoms with van der Waals surface area (Å²) in [5, 5.41) is 0. The van der Waals surface area contributed by atoms with Crippen LogP contribution in [0.15, 0.2) is 6.20 Å². The normalized spacial score (nSPS) is 21.8. The summed E-state index contributed by atoms with van der Waals surface area (Å²) in [5.74, 6) is 1.46. The number of methoxy groups -OCH3 is 1. The molecular weight excluding hydrogens is 268 g/mol. The van der Waals surface area contributed by atoms with E-state index in [9.17, 15) is 4.79 Å². The van der Waals surface area contributed by atoms with Gasteiger partial charge in [0.1, 0.15) is 0 Å². The van der Waals surface area contributed by atoms with Crippen LogP contribution in [0, 0.1) is 5.92 Å². The maximum absolute atomic E-state index is 12.2. The molecule has 1 aromatic rings. The molecule has 0 bridgehead atoms. The van der Waals surface area contributed by atoms with Crippen LogP contribution in [-0.4, -0.2) is 54.1 Å². The molecule has 0 spiro atoms. The van der Waals surface area contributed by atoms with Crippen LogP contribution in [0.4, 0.5) is 5.95 Å². The number of rotatable bonds is 4. The number of amides is 1. The van der Waals surface area contributed by atoms with E-state index in [4.69, 9.17) is 4.74 Å². The van der Waals surface area contributed by atoms with Gasteiger partial charge in [-0.15, -0.1) is 0 Å². The van der Waals surface area contributed by atoms with Crippen molar-refractivity contribution in [2.45, 2.75) is 26.3 Å². The Morgan fingerprint density at radius 3 is 3.10 bits per heavy atom. The molecule has 1 saturated heterocycles. The summed E-state index contributed by atoms with van der Waals surface area (Å²) >= 11 is 0. The number of piperidine rings is 1. The van der Waals surface area contributed by atoms with Gasteiger partial charge in [-0.05, 0) is 18.8 Å². The second-order valence-corrected chi connectivity index (χ2v) is 5.94. The van der Waals surface area contributed by atoms with Crippen LogP contribution in [0.3, 0.4) is 0 Å². The van der Waals surface area contributed by atoms with E-state index in [0.29, 0.717) is 31.2 Å². The van der Waals surface area contributed by atoms with Gasteiger partial charge in [0.15, 0.2) is 0 Å². The van der Waals surface area contributed by atoms with Gasteiger partial charge in [0.05, 0.1) is 24.4 Å². The quantitative estimate of drug-likeness (QED) is 0.837. The third-order valence-corrected chi connectivity index (χ3v) is 4.22. The van der Waals surface area contributed by atoms with Crippen molar-refractivity contribution in [3.05, 3.63) is 17.5 Å². The molecule has 1 amide bonds. The zero-order valence-electron chi connectivity index (χ0n) is 12.7. The van der Waals surface area contributed by atoms with E-state index in [1.54, 1.807) is 18.2 Å². The van der Waals surface area contributed by atoms with Gasteiger partial charge in [0, 0.05) is 32.9 Å². The van der Waals surface area contributed by atoms with Gasteiger partial charge in [0.25, 0.3) is 5.91 Å². The lowest BCUT2D eigenvalue weighted by Gasteiger charge is -2.30. The lowest BCUT2D eigenvalue weighted by Crippen LogP contribution is -2.35. The number of hydrogen-bond donors (Lipinski definition) is 0. The van der Waals surface area contributed by atoms with Crippen LogP contribution < -0.4 is 4.90 Å². The van der Waals surface area contributed by atoms with E-state index in [2.05, 4.69) is 21.8 Å². The van der Waals surface area contributed by atoms with Gasteiger partial charge >= 0.3 is 0 Å². The van der Waals surface area contributed by atoms with Crippen molar-refractivity contribution in [3.63, 3.8) is 0 Å². The summed E-state index contributed by atoms with van der Waals surface area (Å²) in [5.41, 5.74) is 1.49. The lowest BCUT2D eigenvalue weighted by atomic mass is 10.0. The molecule has 6 nitrogen and oxygen atoms in total. The maximum atomic E-state index is 12.2. The zero-order valence-corrected chi connectivity index (χ0v) is 12.7. The first-order valence-electron chi connectivity index (χ1n) is 7.58. The molecule has 1 atom stereocenters. The molecule has 114 valence electrons. The minimum absolute atomic E-state index is 0.0145. The zero-order chi connectivity index (χ0) is 14.8. The molecule has 1 aromatic heterocycles. The van der Waals surface area contributed by atoms with Gasteiger partial charge in [-0.1, -0.05) is 6.92 Å². The maximum Gasteiger partial charge on any atom is 0.257 e. The molecule has 1 fully saturated rings. The minimum Gasteiger partial charge on any atom is -0.383 e. The molecule has 21 heavy (non-hydrogen) atoms. The van der Waals surface area contributed by atoms with Crippen molar-refractivity contribution < 1.29 is 9.53 Å². The molecular formula is C15H22N4O2. The number of anilines is 1. The minimum atomic E-state index is 0.0145. The summed E-state index contributed by atoms with van der Waals surface area (Å²) in [6.07, 6.45) is 4.14.